The van der Waals surface area contributed by atoms with Crippen LogP contribution in [0.15, 0.2) is 16.6 Å². The lowest BCUT2D eigenvalue weighted by molar-refractivity contribution is 0.291. The summed E-state index contributed by atoms with van der Waals surface area (Å²) in [6.45, 7) is 1.91. The Morgan fingerprint density at radius 3 is 2.50 bits per heavy atom. The summed E-state index contributed by atoms with van der Waals surface area (Å²) < 4.78 is 0.994. The number of hydrogen-bond donors (Lipinski definition) is 2. The van der Waals surface area contributed by atoms with Gasteiger partial charge in [-0.25, -0.2) is 0 Å². The van der Waals surface area contributed by atoms with E-state index in [4.69, 9.17) is 5.73 Å². The van der Waals surface area contributed by atoms with Gasteiger partial charge in [0.1, 0.15) is 5.75 Å². The summed E-state index contributed by atoms with van der Waals surface area (Å²) in [5.41, 5.74) is 7.89. The molecule has 1 aliphatic rings. The second-order valence-electron chi connectivity index (χ2n) is 4.84. The Hall–Kier alpha value is -0.540. The SMILES string of the molecule is Cc1cc(Br)cc(C2(N)CCCCC2)c1O. The average Bonchev–Trinajstić information content (AvgIpc) is 2.24. The lowest BCUT2D eigenvalue weighted by atomic mass is 9.77. The van der Waals surface area contributed by atoms with Gasteiger partial charge < -0.3 is 10.8 Å². The van der Waals surface area contributed by atoms with Crippen LogP contribution in [0, 0.1) is 6.92 Å². The number of nitrogens with two attached hydrogens (primary N) is 1. The number of aromatic hydroxyl groups is 1. The molecule has 2 nitrogen and oxygen atoms in total. The summed E-state index contributed by atoms with van der Waals surface area (Å²) in [7, 11) is 0. The third-order valence-corrected chi connectivity index (χ3v) is 4.01. The van der Waals surface area contributed by atoms with E-state index in [0.29, 0.717) is 5.75 Å². The van der Waals surface area contributed by atoms with Crippen LogP contribution in [0.1, 0.15) is 43.2 Å². The van der Waals surface area contributed by atoms with E-state index in [2.05, 4.69) is 15.9 Å². The summed E-state index contributed by atoms with van der Waals surface area (Å²) in [5, 5.41) is 10.1. The molecule has 3 N–H and O–H groups in total. The van der Waals surface area contributed by atoms with Crippen LogP contribution in [0.25, 0.3) is 0 Å². The number of halogens is 1. The summed E-state index contributed by atoms with van der Waals surface area (Å²) in [6.07, 6.45) is 5.50. The number of benzene rings is 1. The highest BCUT2D eigenvalue weighted by atomic mass is 79.9. The predicted molar refractivity (Wildman–Crippen MR) is 69.5 cm³/mol. The third kappa shape index (κ3) is 2.11. The average molecular weight is 284 g/mol. The second kappa shape index (κ2) is 4.38. The van der Waals surface area contributed by atoms with E-state index in [0.717, 1.165) is 41.3 Å². The molecule has 0 radical (unpaired) electrons. The minimum absolute atomic E-state index is 0.336. The summed E-state index contributed by atoms with van der Waals surface area (Å²) in [6, 6.07) is 3.89. The molecule has 16 heavy (non-hydrogen) atoms. The van der Waals surface area contributed by atoms with Crippen LogP contribution in [-0.4, -0.2) is 5.11 Å². The fourth-order valence-corrected chi connectivity index (χ4v) is 3.14. The molecular formula is C13H18BrNO. The molecule has 1 aliphatic carbocycles. The highest BCUT2D eigenvalue weighted by Gasteiger charge is 2.32. The van der Waals surface area contributed by atoms with E-state index in [1.54, 1.807) is 0 Å². The summed E-state index contributed by atoms with van der Waals surface area (Å²) in [5.74, 6) is 0.368. The molecule has 0 amide bonds. The standard InChI is InChI=1S/C13H18BrNO/c1-9-7-10(14)8-11(12(9)16)13(15)5-3-2-4-6-13/h7-8,16H,2-6,15H2,1H3. The zero-order valence-corrected chi connectivity index (χ0v) is 11.2. The van der Waals surface area contributed by atoms with E-state index in [-0.39, 0.29) is 5.54 Å². The van der Waals surface area contributed by atoms with Gasteiger partial charge in [-0.3, -0.25) is 0 Å². The summed E-state index contributed by atoms with van der Waals surface area (Å²) >= 11 is 3.47. The Bertz CT molecular complexity index is 397. The molecule has 88 valence electrons. The molecular weight excluding hydrogens is 266 g/mol. The fraction of sp³-hybridized carbons (Fsp3) is 0.538. The van der Waals surface area contributed by atoms with Crippen LogP contribution >= 0.6 is 15.9 Å². The number of phenolic OH excluding ortho intramolecular Hbond substituents is 1. The highest BCUT2D eigenvalue weighted by Crippen LogP contribution is 2.41. The highest BCUT2D eigenvalue weighted by molar-refractivity contribution is 9.10. The van der Waals surface area contributed by atoms with Crippen molar-refractivity contribution in [2.24, 2.45) is 5.73 Å². The minimum Gasteiger partial charge on any atom is -0.507 e. The predicted octanol–water partition coefficient (Wildman–Crippen LogP) is 3.58. The van der Waals surface area contributed by atoms with Gasteiger partial charge in [0.05, 0.1) is 0 Å². The van der Waals surface area contributed by atoms with Crippen molar-refractivity contribution in [2.75, 3.05) is 0 Å². The maximum atomic E-state index is 10.1. The monoisotopic (exact) mass is 283 g/mol. The Kier molecular flexibility index (Phi) is 3.27. The summed E-state index contributed by atoms with van der Waals surface area (Å²) in [4.78, 5) is 0. The molecule has 0 spiro atoms. The maximum absolute atomic E-state index is 10.1. The number of phenols is 1. The van der Waals surface area contributed by atoms with Crippen LogP contribution in [0.3, 0.4) is 0 Å². The van der Waals surface area contributed by atoms with E-state index < -0.39 is 0 Å². The second-order valence-corrected chi connectivity index (χ2v) is 5.75. The van der Waals surface area contributed by atoms with E-state index in [1.807, 2.05) is 19.1 Å². The molecule has 1 aromatic carbocycles. The van der Waals surface area contributed by atoms with Gasteiger partial charge in [0.2, 0.25) is 0 Å². The van der Waals surface area contributed by atoms with Gasteiger partial charge >= 0.3 is 0 Å². The van der Waals surface area contributed by atoms with E-state index in [9.17, 15) is 5.11 Å². The third-order valence-electron chi connectivity index (χ3n) is 3.55. The van der Waals surface area contributed by atoms with Crippen LogP contribution in [0.2, 0.25) is 0 Å². The van der Waals surface area contributed by atoms with Crippen molar-refractivity contribution in [2.45, 2.75) is 44.6 Å². The molecule has 1 aromatic rings. The molecule has 0 atom stereocenters. The largest absolute Gasteiger partial charge is 0.507 e. The Balaban J connectivity index is 2.45. The molecule has 0 heterocycles. The smallest absolute Gasteiger partial charge is 0.123 e. The van der Waals surface area contributed by atoms with Crippen molar-refractivity contribution in [3.63, 3.8) is 0 Å². The number of hydrogen-bond acceptors (Lipinski definition) is 2. The maximum Gasteiger partial charge on any atom is 0.123 e. The van der Waals surface area contributed by atoms with Crippen LogP contribution in [0.4, 0.5) is 0 Å². The van der Waals surface area contributed by atoms with Crippen LogP contribution < -0.4 is 5.73 Å². The normalized spacial score (nSPS) is 19.7. The number of aryl methyl sites for hydroxylation is 1. The van der Waals surface area contributed by atoms with Gasteiger partial charge in [0.25, 0.3) is 0 Å². The van der Waals surface area contributed by atoms with E-state index >= 15 is 0 Å². The first-order chi connectivity index (χ1) is 7.53. The number of rotatable bonds is 1. The minimum atomic E-state index is -0.336. The fourth-order valence-electron chi connectivity index (χ4n) is 2.57. The van der Waals surface area contributed by atoms with Gasteiger partial charge in [-0.15, -0.1) is 0 Å². The van der Waals surface area contributed by atoms with E-state index in [1.165, 1.54) is 6.42 Å². The first-order valence-corrected chi connectivity index (χ1v) is 6.61. The molecule has 0 bridgehead atoms. The van der Waals surface area contributed by atoms with Crippen molar-refractivity contribution in [1.29, 1.82) is 0 Å². The lowest BCUT2D eigenvalue weighted by Gasteiger charge is -2.34. The zero-order chi connectivity index (χ0) is 11.8. The van der Waals surface area contributed by atoms with Crippen LogP contribution in [0.5, 0.6) is 5.75 Å². The molecule has 0 unspecified atom stereocenters. The molecule has 2 rings (SSSR count). The van der Waals surface area contributed by atoms with Gasteiger partial charge in [0.15, 0.2) is 0 Å². The zero-order valence-electron chi connectivity index (χ0n) is 9.59. The Labute approximate surface area is 105 Å². The van der Waals surface area contributed by atoms with Crippen molar-refractivity contribution in [3.05, 3.63) is 27.7 Å². The topological polar surface area (TPSA) is 46.2 Å². The van der Waals surface area contributed by atoms with Crippen molar-refractivity contribution >= 4 is 15.9 Å². The lowest BCUT2D eigenvalue weighted by Crippen LogP contribution is -2.38. The quantitative estimate of drug-likeness (QED) is 0.828. The molecule has 0 saturated heterocycles. The van der Waals surface area contributed by atoms with Gasteiger partial charge in [-0.05, 0) is 37.5 Å². The first kappa shape index (κ1) is 11.9. The van der Waals surface area contributed by atoms with Crippen LogP contribution in [-0.2, 0) is 5.54 Å². The first-order valence-electron chi connectivity index (χ1n) is 5.81. The molecule has 0 aromatic heterocycles. The van der Waals surface area contributed by atoms with Crippen molar-refractivity contribution < 1.29 is 5.11 Å². The Morgan fingerprint density at radius 1 is 1.25 bits per heavy atom. The van der Waals surface area contributed by atoms with Crippen molar-refractivity contribution in [3.8, 4) is 5.75 Å². The van der Waals surface area contributed by atoms with Crippen molar-refractivity contribution in [1.82, 2.24) is 0 Å². The van der Waals surface area contributed by atoms with Gasteiger partial charge in [-0.2, -0.15) is 0 Å². The van der Waals surface area contributed by atoms with Gasteiger partial charge in [-0.1, -0.05) is 35.2 Å². The molecule has 1 saturated carbocycles. The molecule has 3 heteroatoms. The molecule has 1 fully saturated rings. The van der Waals surface area contributed by atoms with Gasteiger partial charge in [0, 0.05) is 15.6 Å². The Morgan fingerprint density at radius 2 is 1.88 bits per heavy atom. The molecule has 0 aliphatic heterocycles.